The zero-order chi connectivity index (χ0) is 19.3. The first-order valence-electron chi connectivity index (χ1n) is 9.73. The van der Waals surface area contributed by atoms with E-state index in [2.05, 4.69) is 33.8 Å². The van der Waals surface area contributed by atoms with E-state index in [4.69, 9.17) is 9.47 Å². The highest BCUT2D eigenvalue weighted by molar-refractivity contribution is 6.02. The van der Waals surface area contributed by atoms with Gasteiger partial charge in [0.1, 0.15) is 0 Å². The maximum absolute atomic E-state index is 12.7. The van der Waals surface area contributed by atoms with Crippen LogP contribution in [0.3, 0.4) is 0 Å². The van der Waals surface area contributed by atoms with Gasteiger partial charge in [0.05, 0.1) is 25.4 Å². The summed E-state index contributed by atoms with van der Waals surface area (Å²) in [6.07, 6.45) is 8.19. The molecule has 4 heteroatoms. The van der Waals surface area contributed by atoms with Gasteiger partial charge in [0.15, 0.2) is 0 Å². The second-order valence-electron chi connectivity index (χ2n) is 9.34. The molecule has 2 fully saturated rings. The summed E-state index contributed by atoms with van der Waals surface area (Å²) in [4.78, 5) is 25.1. The molecule has 0 saturated heterocycles. The van der Waals surface area contributed by atoms with Crippen LogP contribution in [0.25, 0.3) is 0 Å². The number of fused-ring (bicyclic) bond motifs is 3. The van der Waals surface area contributed by atoms with Gasteiger partial charge in [0.2, 0.25) is 0 Å². The number of carbonyl (C=O) groups excluding carboxylic acids is 2. The van der Waals surface area contributed by atoms with Crippen molar-refractivity contribution in [3.05, 3.63) is 22.8 Å². The van der Waals surface area contributed by atoms with Crippen LogP contribution in [0.1, 0.15) is 66.2 Å². The molecule has 0 amide bonds. The monoisotopic (exact) mass is 360 g/mol. The second kappa shape index (κ2) is 6.24. The third kappa shape index (κ3) is 2.56. The van der Waals surface area contributed by atoms with Crippen molar-refractivity contribution in [2.24, 2.45) is 22.2 Å². The van der Waals surface area contributed by atoms with Gasteiger partial charge in [-0.2, -0.15) is 0 Å². The molecule has 26 heavy (non-hydrogen) atoms. The first-order chi connectivity index (χ1) is 12.1. The smallest absolute Gasteiger partial charge is 0.335 e. The lowest BCUT2D eigenvalue weighted by atomic mass is 9.43. The van der Waals surface area contributed by atoms with E-state index in [1.165, 1.54) is 32.6 Å². The lowest BCUT2D eigenvalue weighted by Crippen LogP contribution is -2.52. The van der Waals surface area contributed by atoms with Crippen molar-refractivity contribution in [3.8, 4) is 0 Å². The summed E-state index contributed by atoms with van der Waals surface area (Å²) >= 11 is 0. The Morgan fingerprint density at radius 3 is 2.27 bits per heavy atom. The fourth-order valence-electron chi connectivity index (χ4n) is 6.47. The lowest BCUT2D eigenvalue weighted by Gasteiger charge is -2.60. The summed E-state index contributed by atoms with van der Waals surface area (Å²) < 4.78 is 10.1. The Balaban J connectivity index is 2.14. The van der Waals surface area contributed by atoms with Crippen LogP contribution in [-0.2, 0) is 19.1 Å². The molecule has 0 aromatic heterocycles. The minimum atomic E-state index is -0.451. The largest absolute Gasteiger partial charge is 0.466 e. The van der Waals surface area contributed by atoms with Crippen LogP contribution in [0.4, 0.5) is 0 Å². The predicted molar refractivity (Wildman–Crippen MR) is 100 cm³/mol. The summed E-state index contributed by atoms with van der Waals surface area (Å²) in [7, 11) is 2.76. The van der Waals surface area contributed by atoms with Crippen LogP contribution >= 0.6 is 0 Å². The van der Waals surface area contributed by atoms with Crippen LogP contribution in [-0.4, -0.2) is 26.2 Å². The van der Waals surface area contributed by atoms with Crippen molar-refractivity contribution >= 4 is 11.9 Å². The SMILES string of the molecule is COC(=O)C1=C(C(=O)OC)[C@@]2(C)CC[C@H]3C(C)(C)CCC[C@]3(C)C2=CC1. The molecule has 3 aliphatic carbocycles. The third-order valence-electron chi connectivity index (χ3n) is 7.56. The van der Waals surface area contributed by atoms with Gasteiger partial charge >= 0.3 is 11.9 Å². The van der Waals surface area contributed by atoms with Gasteiger partial charge in [-0.3, -0.25) is 0 Å². The molecule has 0 spiro atoms. The molecule has 0 heterocycles. The minimum Gasteiger partial charge on any atom is -0.466 e. The Morgan fingerprint density at radius 1 is 1.00 bits per heavy atom. The number of esters is 2. The molecule has 0 radical (unpaired) electrons. The molecule has 4 nitrogen and oxygen atoms in total. The molecule has 2 saturated carbocycles. The highest BCUT2D eigenvalue weighted by Gasteiger charge is 2.58. The molecular weight excluding hydrogens is 328 g/mol. The van der Waals surface area contributed by atoms with Gasteiger partial charge in [0.25, 0.3) is 0 Å². The zero-order valence-electron chi connectivity index (χ0n) is 17.0. The second-order valence-corrected chi connectivity index (χ2v) is 9.34. The molecule has 3 rings (SSSR count). The van der Waals surface area contributed by atoms with Crippen LogP contribution in [0.5, 0.6) is 0 Å². The normalized spacial score (nSPS) is 35.8. The third-order valence-corrected chi connectivity index (χ3v) is 7.56. The summed E-state index contributed by atoms with van der Waals surface area (Å²) in [6.45, 7) is 9.27. The average Bonchev–Trinajstić information content (AvgIpc) is 2.58. The van der Waals surface area contributed by atoms with Gasteiger partial charge in [-0.25, -0.2) is 9.59 Å². The number of hydrogen-bond donors (Lipinski definition) is 0. The Kier molecular flexibility index (Phi) is 4.61. The van der Waals surface area contributed by atoms with Gasteiger partial charge in [-0.1, -0.05) is 45.8 Å². The highest BCUT2D eigenvalue weighted by Crippen LogP contribution is 2.66. The van der Waals surface area contributed by atoms with Crippen molar-refractivity contribution < 1.29 is 19.1 Å². The van der Waals surface area contributed by atoms with Gasteiger partial charge < -0.3 is 9.47 Å². The molecule has 0 unspecified atom stereocenters. The van der Waals surface area contributed by atoms with E-state index in [9.17, 15) is 9.59 Å². The Labute approximate surface area is 157 Å². The van der Waals surface area contributed by atoms with Crippen molar-refractivity contribution in [1.82, 2.24) is 0 Å². The van der Waals surface area contributed by atoms with Crippen molar-refractivity contribution in [2.75, 3.05) is 14.2 Å². The fraction of sp³-hybridized carbons (Fsp3) is 0.727. The topological polar surface area (TPSA) is 52.6 Å². The summed E-state index contributed by atoms with van der Waals surface area (Å²) in [5.74, 6) is -0.213. The van der Waals surface area contributed by atoms with E-state index in [1.807, 2.05) is 0 Å². The van der Waals surface area contributed by atoms with E-state index in [0.29, 0.717) is 28.9 Å². The van der Waals surface area contributed by atoms with E-state index in [1.54, 1.807) is 0 Å². The fourth-order valence-corrected chi connectivity index (χ4v) is 6.47. The first-order valence-corrected chi connectivity index (χ1v) is 9.73. The first kappa shape index (κ1) is 19.2. The highest BCUT2D eigenvalue weighted by atomic mass is 16.5. The summed E-state index contributed by atoms with van der Waals surface area (Å²) in [5, 5.41) is 0. The van der Waals surface area contributed by atoms with Crippen LogP contribution in [0.15, 0.2) is 22.8 Å². The van der Waals surface area contributed by atoms with Crippen molar-refractivity contribution in [2.45, 2.75) is 66.2 Å². The van der Waals surface area contributed by atoms with Crippen LogP contribution < -0.4 is 0 Å². The van der Waals surface area contributed by atoms with Crippen LogP contribution in [0, 0.1) is 22.2 Å². The van der Waals surface area contributed by atoms with E-state index >= 15 is 0 Å². The average molecular weight is 360 g/mol. The maximum Gasteiger partial charge on any atom is 0.335 e. The Bertz CT molecular complexity index is 699. The molecule has 0 N–H and O–H groups in total. The molecule has 0 aromatic carbocycles. The van der Waals surface area contributed by atoms with Gasteiger partial charge in [-0.15, -0.1) is 0 Å². The maximum atomic E-state index is 12.7. The number of carbonyl (C=O) groups is 2. The molecule has 0 bridgehead atoms. The molecule has 144 valence electrons. The number of hydrogen-bond acceptors (Lipinski definition) is 4. The van der Waals surface area contributed by atoms with Crippen molar-refractivity contribution in [3.63, 3.8) is 0 Å². The van der Waals surface area contributed by atoms with Gasteiger partial charge in [-0.05, 0) is 48.9 Å². The number of methoxy groups -OCH3 is 2. The van der Waals surface area contributed by atoms with E-state index in [-0.39, 0.29) is 5.41 Å². The molecule has 0 aromatic rings. The zero-order valence-corrected chi connectivity index (χ0v) is 17.0. The van der Waals surface area contributed by atoms with E-state index in [0.717, 1.165) is 19.3 Å². The predicted octanol–water partition coefficient (Wildman–Crippen LogP) is 4.59. The standard InChI is InChI=1S/C22H32O4/c1-20(2)11-7-12-21(3)15(20)10-13-22(4)16(21)9-8-14(18(23)25-5)17(22)19(24)26-6/h9,15H,7-8,10-13H2,1-6H3/t15-,21-,22-/m0/s1. The quantitative estimate of drug-likeness (QED) is 0.534. The molecule has 3 aliphatic rings. The van der Waals surface area contributed by atoms with Crippen LogP contribution in [0.2, 0.25) is 0 Å². The number of ether oxygens (including phenoxy) is 2. The number of allylic oxidation sites excluding steroid dienone is 2. The Morgan fingerprint density at radius 2 is 1.65 bits per heavy atom. The summed E-state index contributed by atoms with van der Waals surface area (Å²) in [5.41, 5.74) is 2.23. The van der Waals surface area contributed by atoms with E-state index < -0.39 is 17.4 Å². The molecule has 0 aliphatic heterocycles. The van der Waals surface area contributed by atoms with Gasteiger partial charge in [0, 0.05) is 5.41 Å². The minimum absolute atomic E-state index is 0.0651. The lowest BCUT2D eigenvalue weighted by molar-refractivity contribution is -0.141. The summed E-state index contributed by atoms with van der Waals surface area (Å²) in [6, 6.07) is 0. The number of rotatable bonds is 2. The Hall–Kier alpha value is -1.58. The molecule has 3 atom stereocenters. The molecular formula is C22H32O4. The van der Waals surface area contributed by atoms with Crippen molar-refractivity contribution in [1.29, 1.82) is 0 Å².